The molecule has 0 aliphatic carbocycles. The smallest absolute Gasteiger partial charge is 0.150 e. The zero-order valence-electron chi connectivity index (χ0n) is 8.95. The summed E-state index contributed by atoms with van der Waals surface area (Å²) in [4.78, 5) is 10.9. The van der Waals surface area contributed by atoms with Crippen molar-refractivity contribution in [2.24, 2.45) is 5.41 Å². The highest BCUT2D eigenvalue weighted by molar-refractivity contribution is 6.06. The molecule has 0 aromatic heterocycles. The fourth-order valence-electron chi connectivity index (χ4n) is 1.28. The Hall–Kier alpha value is -1.37. The Kier molecular flexibility index (Phi) is 3.23. The van der Waals surface area contributed by atoms with Gasteiger partial charge in [-0.2, -0.15) is 0 Å². The molecular formula is C13H16O. The van der Waals surface area contributed by atoms with Crippen molar-refractivity contribution in [1.82, 2.24) is 0 Å². The lowest BCUT2D eigenvalue weighted by molar-refractivity contribution is -0.103. The van der Waals surface area contributed by atoms with Gasteiger partial charge in [0.05, 0.1) is 0 Å². The van der Waals surface area contributed by atoms with E-state index in [0.717, 1.165) is 17.4 Å². The molecule has 1 heteroatoms. The van der Waals surface area contributed by atoms with E-state index < -0.39 is 0 Å². The molecule has 0 spiro atoms. The predicted octanol–water partition coefficient (Wildman–Crippen LogP) is 3.32. The first-order chi connectivity index (χ1) is 6.53. The minimum atomic E-state index is 0.0338. The molecule has 0 unspecified atom stereocenters. The Labute approximate surface area is 85.5 Å². The first-order valence-electron chi connectivity index (χ1n) is 4.76. The number of rotatable bonds is 2. The van der Waals surface area contributed by atoms with Crippen LogP contribution in [0.4, 0.5) is 0 Å². The molecular weight excluding hydrogens is 172 g/mol. The summed E-state index contributed by atoms with van der Waals surface area (Å²) in [5.41, 5.74) is 1.78. The molecule has 0 saturated heterocycles. The SMILES string of the molecule is CC(C)(C)/C=C(\C=O)c1ccccc1. The molecule has 1 aromatic rings. The van der Waals surface area contributed by atoms with Crippen molar-refractivity contribution >= 4 is 11.9 Å². The maximum Gasteiger partial charge on any atom is 0.150 e. The van der Waals surface area contributed by atoms with Gasteiger partial charge in [-0.1, -0.05) is 57.2 Å². The summed E-state index contributed by atoms with van der Waals surface area (Å²) in [6.45, 7) is 6.25. The van der Waals surface area contributed by atoms with Gasteiger partial charge >= 0.3 is 0 Å². The fourth-order valence-corrected chi connectivity index (χ4v) is 1.28. The third-order valence-electron chi connectivity index (χ3n) is 1.82. The van der Waals surface area contributed by atoms with Crippen LogP contribution in [0.25, 0.3) is 5.57 Å². The van der Waals surface area contributed by atoms with Gasteiger partial charge < -0.3 is 0 Å². The molecule has 0 bridgehead atoms. The van der Waals surface area contributed by atoms with Crippen molar-refractivity contribution < 1.29 is 4.79 Å². The van der Waals surface area contributed by atoms with Gasteiger partial charge in [0.25, 0.3) is 0 Å². The van der Waals surface area contributed by atoms with E-state index >= 15 is 0 Å². The molecule has 14 heavy (non-hydrogen) atoms. The number of carbonyl (C=O) groups excluding carboxylic acids is 1. The Morgan fingerprint density at radius 1 is 1.14 bits per heavy atom. The maximum atomic E-state index is 10.9. The van der Waals surface area contributed by atoms with Gasteiger partial charge in [0.1, 0.15) is 6.29 Å². The number of allylic oxidation sites excluding steroid dienone is 2. The normalized spacial score (nSPS) is 12.6. The van der Waals surface area contributed by atoms with Crippen molar-refractivity contribution in [3.05, 3.63) is 42.0 Å². The monoisotopic (exact) mass is 188 g/mol. The lowest BCUT2D eigenvalue weighted by Gasteiger charge is -2.13. The van der Waals surface area contributed by atoms with Gasteiger partial charge in [0, 0.05) is 5.57 Å². The molecule has 0 heterocycles. The third kappa shape index (κ3) is 3.17. The highest BCUT2D eigenvalue weighted by atomic mass is 16.1. The van der Waals surface area contributed by atoms with Crippen LogP contribution in [0.15, 0.2) is 36.4 Å². The highest BCUT2D eigenvalue weighted by Gasteiger charge is 2.09. The molecule has 0 atom stereocenters. The summed E-state index contributed by atoms with van der Waals surface area (Å²) in [5.74, 6) is 0. The Bertz CT molecular complexity index is 328. The first kappa shape index (κ1) is 10.7. The minimum Gasteiger partial charge on any atom is -0.298 e. The standard InChI is InChI=1S/C13H16O/c1-13(2,3)9-12(10-14)11-7-5-4-6-8-11/h4-10H,1-3H3/b12-9+. The lowest BCUT2D eigenvalue weighted by atomic mass is 9.91. The molecule has 74 valence electrons. The lowest BCUT2D eigenvalue weighted by Crippen LogP contribution is -2.01. The Morgan fingerprint density at radius 3 is 2.14 bits per heavy atom. The molecule has 0 saturated carbocycles. The van der Waals surface area contributed by atoms with E-state index in [1.165, 1.54) is 0 Å². The van der Waals surface area contributed by atoms with Crippen LogP contribution in [-0.2, 0) is 4.79 Å². The molecule has 0 N–H and O–H groups in total. The van der Waals surface area contributed by atoms with Gasteiger partial charge in [0.2, 0.25) is 0 Å². The summed E-state index contributed by atoms with van der Waals surface area (Å²) in [5, 5.41) is 0. The maximum absolute atomic E-state index is 10.9. The molecule has 1 nitrogen and oxygen atoms in total. The first-order valence-corrected chi connectivity index (χ1v) is 4.76. The number of benzene rings is 1. The van der Waals surface area contributed by atoms with Crippen LogP contribution >= 0.6 is 0 Å². The van der Waals surface area contributed by atoms with Crippen molar-refractivity contribution in [3.63, 3.8) is 0 Å². The quantitative estimate of drug-likeness (QED) is 0.514. The predicted molar refractivity (Wildman–Crippen MR) is 59.9 cm³/mol. The largest absolute Gasteiger partial charge is 0.298 e. The van der Waals surface area contributed by atoms with Crippen LogP contribution in [0.5, 0.6) is 0 Å². The molecule has 0 radical (unpaired) electrons. The summed E-state index contributed by atoms with van der Waals surface area (Å²) in [6, 6.07) is 9.73. The average molecular weight is 188 g/mol. The van der Waals surface area contributed by atoms with Crippen molar-refractivity contribution in [2.75, 3.05) is 0 Å². The number of hydrogen-bond acceptors (Lipinski definition) is 1. The van der Waals surface area contributed by atoms with Gasteiger partial charge in [-0.25, -0.2) is 0 Å². The zero-order chi connectivity index (χ0) is 10.6. The van der Waals surface area contributed by atoms with E-state index in [4.69, 9.17) is 0 Å². The van der Waals surface area contributed by atoms with Crippen molar-refractivity contribution in [2.45, 2.75) is 20.8 Å². The molecule has 1 rings (SSSR count). The van der Waals surface area contributed by atoms with Crippen LogP contribution < -0.4 is 0 Å². The van der Waals surface area contributed by atoms with Gasteiger partial charge in [0.15, 0.2) is 0 Å². The van der Waals surface area contributed by atoms with E-state index in [9.17, 15) is 4.79 Å². The second-order valence-electron chi connectivity index (χ2n) is 4.45. The summed E-state index contributed by atoms with van der Waals surface area (Å²) in [7, 11) is 0. The molecule has 1 aromatic carbocycles. The summed E-state index contributed by atoms with van der Waals surface area (Å²) < 4.78 is 0. The fraction of sp³-hybridized carbons (Fsp3) is 0.308. The molecule has 0 fully saturated rings. The van der Waals surface area contributed by atoms with Crippen LogP contribution in [0.3, 0.4) is 0 Å². The Morgan fingerprint density at radius 2 is 1.71 bits per heavy atom. The van der Waals surface area contributed by atoms with Gasteiger partial charge in [-0.3, -0.25) is 4.79 Å². The van der Waals surface area contributed by atoms with Crippen LogP contribution in [0.1, 0.15) is 26.3 Å². The van der Waals surface area contributed by atoms with Crippen molar-refractivity contribution in [3.8, 4) is 0 Å². The number of hydrogen-bond donors (Lipinski definition) is 0. The third-order valence-corrected chi connectivity index (χ3v) is 1.82. The average Bonchev–Trinajstić information content (AvgIpc) is 2.14. The number of aldehydes is 1. The van der Waals surface area contributed by atoms with Crippen LogP contribution in [0.2, 0.25) is 0 Å². The van der Waals surface area contributed by atoms with Crippen LogP contribution in [0, 0.1) is 5.41 Å². The van der Waals surface area contributed by atoms with E-state index in [2.05, 4.69) is 20.8 Å². The minimum absolute atomic E-state index is 0.0338. The number of carbonyl (C=O) groups is 1. The van der Waals surface area contributed by atoms with E-state index in [1.807, 2.05) is 36.4 Å². The highest BCUT2D eigenvalue weighted by Crippen LogP contribution is 2.22. The van der Waals surface area contributed by atoms with E-state index in [-0.39, 0.29) is 5.41 Å². The zero-order valence-corrected chi connectivity index (χ0v) is 8.95. The van der Waals surface area contributed by atoms with E-state index in [1.54, 1.807) is 0 Å². The molecule has 0 aliphatic rings. The second kappa shape index (κ2) is 4.23. The van der Waals surface area contributed by atoms with Gasteiger partial charge in [-0.05, 0) is 11.0 Å². The summed E-state index contributed by atoms with van der Waals surface area (Å²) >= 11 is 0. The second-order valence-corrected chi connectivity index (χ2v) is 4.45. The van der Waals surface area contributed by atoms with Gasteiger partial charge in [-0.15, -0.1) is 0 Å². The molecule has 0 amide bonds. The molecule has 0 aliphatic heterocycles. The van der Waals surface area contributed by atoms with Crippen molar-refractivity contribution in [1.29, 1.82) is 0 Å². The Balaban J connectivity index is 3.06. The topological polar surface area (TPSA) is 17.1 Å². The van der Waals surface area contributed by atoms with E-state index in [0.29, 0.717) is 0 Å². The summed E-state index contributed by atoms with van der Waals surface area (Å²) in [6.07, 6.45) is 2.91. The van der Waals surface area contributed by atoms with Crippen LogP contribution in [-0.4, -0.2) is 6.29 Å².